The van der Waals surface area contributed by atoms with Gasteiger partial charge in [0.25, 0.3) is 0 Å². The van der Waals surface area contributed by atoms with Gasteiger partial charge in [-0.15, -0.1) is 0 Å². The molecule has 2 aromatic carbocycles. The highest BCUT2D eigenvalue weighted by Gasteiger charge is 2.24. The van der Waals surface area contributed by atoms with E-state index < -0.39 is 0 Å². The average molecular weight is 354 g/mol. The monoisotopic (exact) mass is 354 g/mol. The number of nitrogens with zero attached hydrogens (tertiary/aromatic N) is 1. The summed E-state index contributed by atoms with van der Waals surface area (Å²) in [5.74, 6) is 0.902. The van der Waals surface area contributed by atoms with E-state index in [1.165, 1.54) is 5.56 Å². The molecule has 1 unspecified atom stereocenters. The van der Waals surface area contributed by atoms with E-state index in [0.29, 0.717) is 13.0 Å². The Morgan fingerprint density at radius 1 is 1.08 bits per heavy atom. The minimum absolute atomic E-state index is 0.0687. The molecule has 0 saturated carbocycles. The molecule has 140 valence electrons. The molecule has 0 aliphatic heterocycles. The van der Waals surface area contributed by atoms with Gasteiger partial charge in [-0.1, -0.05) is 56.3 Å². The number of hydrogen-bond acceptors (Lipinski definition) is 3. The number of likely N-dealkylation sites (N-methyl/N-ethyl adjacent to an activating group) is 1. The van der Waals surface area contributed by atoms with E-state index in [1.54, 1.807) is 7.11 Å². The molecule has 0 heterocycles. The number of carbonyl (C=O) groups excluding carboxylic acids is 1. The fourth-order valence-electron chi connectivity index (χ4n) is 3.09. The van der Waals surface area contributed by atoms with Gasteiger partial charge in [-0.3, -0.25) is 4.79 Å². The first-order valence-electron chi connectivity index (χ1n) is 8.96. The van der Waals surface area contributed by atoms with Crippen molar-refractivity contribution in [3.8, 4) is 5.75 Å². The van der Waals surface area contributed by atoms with E-state index in [-0.39, 0.29) is 17.4 Å². The second-order valence-electron chi connectivity index (χ2n) is 7.48. The first-order valence-corrected chi connectivity index (χ1v) is 8.96. The Balaban J connectivity index is 1.98. The highest BCUT2D eigenvalue weighted by molar-refractivity contribution is 5.77. The molecule has 0 aliphatic rings. The average Bonchev–Trinajstić information content (AvgIpc) is 2.62. The molecule has 1 N–H and O–H groups in total. The molecule has 4 nitrogen and oxygen atoms in total. The van der Waals surface area contributed by atoms with Gasteiger partial charge in [-0.25, -0.2) is 0 Å². The minimum atomic E-state index is -0.195. The van der Waals surface area contributed by atoms with Crippen LogP contribution in [0.3, 0.4) is 0 Å². The third-order valence-electron chi connectivity index (χ3n) is 4.77. The third-order valence-corrected chi connectivity index (χ3v) is 4.77. The molecular weight excluding hydrogens is 324 g/mol. The van der Waals surface area contributed by atoms with Gasteiger partial charge in [0.05, 0.1) is 13.2 Å². The molecule has 0 saturated heterocycles. The van der Waals surface area contributed by atoms with Crippen molar-refractivity contribution in [3.63, 3.8) is 0 Å². The number of benzene rings is 2. The molecule has 0 fully saturated rings. The molecule has 2 rings (SSSR count). The van der Waals surface area contributed by atoms with Crippen LogP contribution < -0.4 is 10.1 Å². The van der Waals surface area contributed by atoms with Crippen molar-refractivity contribution >= 4 is 5.91 Å². The van der Waals surface area contributed by atoms with E-state index in [2.05, 4.69) is 36.2 Å². The first kappa shape index (κ1) is 20.0. The van der Waals surface area contributed by atoms with Gasteiger partial charge < -0.3 is 15.0 Å². The molecule has 0 spiro atoms. The van der Waals surface area contributed by atoms with Crippen molar-refractivity contribution in [1.82, 2.24) is 10.2 Å². The molecule has 1 amide bonds. The maximum atomic E-state index is 12.5. The lowest BCUT2D eigenvalue weighted by Crippen LogP contribution is -2.37. The van der Waals surface area contributed by atoms with Crippen molar-refractivity contribution < 1.29 is 9.53 Å². The highest BCUT2D eigenvalue weighted by atomic mass is 16.5. The fraction of sp³-hybridized carbons (Fsp3) is 0.409. The predicted octanol–water partition coefficient (Wildman–Crippen LogP) is 3.78. The van der Waals surface area contributed by atoms with Gasteiger partial charge in [0.1, 0.15) is 5.75 Å². The van der Waals surface area contributed by atoms with Crippen LogP contribution in [0.1, 0.15) is 37.4 Å². The van der Waals surface area contributed by atoms with Gasteiger partial charge in [-0.05, 0) is 42.8 Å². The zero-order valence-electron chi connectivity index (χ0n) is 16.5. The van der Waals surface area contributed by atoms with Gasteiger partial charge in [0.2, 0.25) is 5.91 Å². The second kappa shape index (κ2) is 8.86. The van der Waals surface area contributed by atoms with Crippen LogP contribution in [0.25, 0.3) is 0 Å². The summed E-state index contributed by atoms with van der Waals surface area (Å²) in [6, 6.07) is 18.3. The fourth-order valence-corrected chi connectivity index (χ4v) is 3.09. The van der Waals surface area contributed by atoms with Crippen LogP contribution in [0.2, 0.25) is 0 Å². The summed E-state index contributed by atoms with van der Waals surface area (Å²) in [6.45, 7) is 4.78. The van der Waals surface area contributed by atoms with Crippen molar-refractivity contribution in [1.29, 1.82) is 0 Å². The molecular formula is C22H30N2O2. The molecule has 0 radical (unpaired) electrons. The number of nitrogens with one attached hydrogen (secondary N) is 1. The first-order chi connectivity index (χ1) is 12.3. The summed E-state index contributed by atoms with van der Waals surface area (Å²) in [5, 5.41) is 3.11. The molecule has 0 bridgehead atoms. The maximum Gasteiger partial charge on any atom is 0.220 e. The Bertz CT molecular complexity index is 694. The van der Waals surface area contributed by atoms with E-state index in [1.807, 2.05) is 56.6 Å². The van der Waals surface area contributed by atoms with Crippen LogP contribution in [0, 0.1) is 0 Å². The Morgan fingerprint density at radius 2 is 1.69 bits per heavy atom. The van der Waals surface area contributed by atoms with Crippen LogP contribution in [-0.4, -0.2) is 38.6 Å². The summed E-state index contributed by atoms with van der Waals surface area (Å²) in [4.78, 5) is 14.7. The Labute approximate surface area is 157 Å². The van der Waals surface area contributed by atoms with Crippen molar-refractivity contribution in [2.45, 2.75) is 31.7 Å². The molecule has 0 aliphatic carbocycles. The number of ether oxygens (including phenoxy) is 1. The van der Waals surface area contributed by atoms with Gasteiger partial charge in [0, 0.05) is 13.0 Å². The lowest BCUT2D eigenvalue weighted by molar-refractivity contribution is -0.122. The molecule has 1 atom stereocenters. The quantitative estimate of drug-likeness (QED) is 0.784. The van der Waals surface area contributed by atoms with Gasteiger partial charge in [-0.2, -0.15) is 0 Å². The van der Waals surface area contributed by atoms with E-state index in [9.17, 15) is 4.79 Å². The molecule has 0 aromatic heterocycles. The lowest BCUT2D eigenvalue weighted by Gasteiger charge is -2.27. The summed E-state index contributed by atoms with van der Waals surface area (Å²) in [5.41, 5.74) is 2.13. The van der Waals surface area contributed by atoms with Crippen LogP contribution in [-0.2, 0) is 10.2 Å². The molecule has 26 heavy (non-hydrogen) atoms. The number of methoxy groups -OCH3 is 1. The normalized spacial score (nSPS) is 12.7. The number of carbonyl (C=O) groups is 1. The van der Waals surface area contributed by atoms with Crippen LogP contribution in [0.5, 0.6) is 5.75 Å². The van der Waals surface area contributed by atoms with Gasteiger partial charge in [0.15, 0.2) is 0 Å². The summed E-state index contributed by atoms with van der Waals surface area (Å²) < 4.78 is 5.22. The summed E-state index contributed by atoms with van der Waals surface area (Å²) in [7, 11) is 5.71. The predicted molar refractivity (Wildman–Crippen MR) is 107 cm³/mol. The number of hydrogen-bond donors (Lipinski definition) is 1. The maximum absolute atomic E-state index is 12.5. The van der Waals surface area contributed by atoms with Crippen LogP contribution in [0.15, 0.2) is 54.6 Å². The largest absolute Gasteiger partial charge is 0.497 e. The summed E-state index contributed by atoms with van der Waals surface area (Å²) >= 11 is 0. The van der Waals surface area contributed by atoms with E-state index in [4.69, 9.17) is 4.74 Å². The van der Waals surface area contributed by atoms with Gasteiger partial charge >= 0.3 is 0 Å². The topological polar surface area (TPSA) is 41.6 Å². The third kappa shape index (κ3) is 5.33. The highest BCUT2D eigenvalue weighted by Crippen LogP contribution is 2.27. The Kier molecular flexibility index (Phi) is 6.81. The number of amides is 1. The van der Waals surface area contributed by atoms with Crippen molar-refractivity contribution in [3.05, 3.63) is 65.7 Å². The summed E-state index contributed by atoms with van der Waals surface area (Å²) in [6.07, 6.45) is 0.458. The molecule has 2 aromatic rings. The zero-order valence-corrected chi connectivity index (χ0v) is 16.5. The van der Waals surface area contributed by atoms with Crippen molar-refractivity contribution in [2.75, 3.05) is 27.7 Å². The standard InChI is InChI=1S/C22H30N2O2/c1-22(2,18-9-7-6-8-10-18)15-21(25)23-16-20(24(3)4)17-11-13-19(26-5)14-12-17/h6-14,20H,15-16H2,1-5H3,(H,23,25). The van der Waals surface area contributed by atoms with E-state index in [0.717, 1.165) is 11.3 Å². The Hall–Kier alpha value is -2.33. The molecule has 4 heteroatoms. The minimum Gasteiger partial charge on any atom is -0.497 e. The smallest absolute Gasteiger partial charge is 0.220 e. The van der Waals surface area contributed by atoms with E-state index >= 15 is 0 Å². The zero-order chi connectivity index (χ0) is 19.2. The van der Waals surface area contributed by atoms with Crippen LogP contribution >= 0.6 is 0 Å². The Morgan fingerprint density at radius 3 is 2.23 bits per heavy atom. The van der Waals surface area contributed by atoms with Crippen molar-refractivity contribution in [2.24, 2.45) is 0 Å². The number of rotatable bonds is 8. The lowest BCUT2D eigenvalue weighted by atomic mass is 9.81. The second-order valence-corrected chi connectivity index (χ2v) is 7.48. The SMILES string of the molecule is COc1ccc(C(CNC(=O)CC(C)(C)c2ccccc2)N(C)C)cc1. The van der Waals surface area contributed by atoms with Crippen LogP contribution in [0.4, 0.5) is 0 Å².